The van der Waals surface area contributed by atoms with Crippen molar-refractivity contribution in [2.45, 2.75) is 13.5 Å². The predicted molar refractivity (Wildman–Crippen MR) is 83.7 cm³/mol. The minimum Gasteiger partial charge on any atom is -0.300 e. The third kappa shape index (κ3) is 2.71. The second-order valence-corrected chi connectivity index (χ2v) is 5.55. The monoisotopic (exact) mass is 299 g/mol. The average molecular weight is 299 g/mol. The molecule has 0 fully saturated rings. The van der Waals surface area contributed by atoms with Crippen LogP contribution < -0.4 is 10.9 Å². The third-order valence-corrected chi connectivity index (χ3v) is 3.89. The van der Waals surface area contributed by atoms with Crippen LogP contribution in [0.25, 0.3) is 10.9 Å². The Bertz CT molecular complexity index is 853. The minimum atomic E-state index is -0.263. The molecule has 0 radical (unpaired) electrons. The van der Waals surface area contributed by atoms with Crippen molar-refractivity contribution in [1.29, 1.82) is 0 Å². The van der Waals surface area contributed by atoms with Crippen LogP contribution in [0.1, 0.15) is 5.56 Å². The molecule has 1 aromatic carbocycles. The number of fused-ring (bicyclic) bond motifs is 1. The molecule has 21 heavy (non-hydrogen) atoms. The minimum absolute atomic E-state index is 0.0286. The summed E-state index contributed by atoms with van der Waals surface area (Å²) in [6.45, 7) is 1.86. The molecule has 0 aliphatic rings. The summed E-state index contributed by atoms with van der Waals surface area (Å²) in [5, 5.41) is 5.97. The zero-order valence-corrected chi connectivity index (χ0v) is 12.2. The molecule has 3 rings (SSSR count). The molecule has 0 spiro atoms. The van der Waals surface area contributed by atoms with Crippen LogP contribution in [0.3, 0.4) is 0 Å². The highest BCUT2D eigenvalue weighted by Crippen LogP contribution is 2.16. The van der Waals surface area contributed by atoms with Crippen molar-refractivity contribution in [3.8, 4) is 0 Å². The maximum Gasteiger partial charge on any atom is 0.251 e. The SMILES string of the molecule is Cc1cc(=O)n(CC(=O)Nc2nccs2)c2ccccc12. The molecule has 6 heteroatoms. The lowest BCUT2D eigenvalue weighted by Gasteiger charge is -2.11. The normalized spacial score (nSPS) is 10.7. The quantitative estimate of drug-likeness (QED) is 0.807. The first kappa shape index (κ1) is 13.5. The van der Waals surface area contributed by atoms with Gasteiger partial charge in [0.2, 0.25) is 5.91 Å². The van der Waals surface area contributed by atoms with Crippen molar-refractivity contribution in [1.82, 2.24) is 9.55 Å². The van der Waals surface area contributed by atoms with Crippen molar-refractivity contribution >= 4 is 33.3 Å². The second kappa shape index (κ2) is 5.49. The van der Waals surface area contributed by atoms with Crippen LogP contribution in [-0.2, 0) is 11.3 Å². The molecule has 0 atom stereocenters. The number of carbonyl (C=O) groups is 1. The van der Waals surface area contributed by atoms with Gasteiger partial charge in [0.25, 0.3) is 5.56 Å². The number of carbonyl (C=O) groups excluding carboxylic acids is 1. The summed E-state index contributed by atoms with van der Waals surface area (Å²) in [6, 6.07) is 9.12. The summed E-state index contributed by atoms with van der Waals surface area (Å²) in [4.78, 5) is 28.2. The van der Waals surface area contributed by atoms with E-state index >= 15 is 0 Å². The maximum atomic E-state index is 12.2. The van der Waals surface area contributed by atoms with Gasteiger partial charge >= 0.3 is 0 Å². The Morgan fingerprint density at radius 3 is 2.95 bits per heavy atom. The molecule has 0 saturated heterocycles. The number of hydrogen-bond donors (Lipinski definition) is 1. The van der Waals surface area contributed by atoms with Gasteiger partial charge < -0.3 is 5.32 Å². The number of amides is 1. The predicted octanol–water partition coefficient (Wildman–Crippen LogP) is 2.41. The van der Waals surface area contributed by atoms with Crippen LogP contribution in [0.2, 0.25) is 0 Å². The molecule has 2 aromatic heterocycles. The van der Waals surface area contributed by atoms with Crippen molar-refractivity contribution in [2.75, 3.05) is 5.32 Å². The molecular weight excluding hydrogens is 286 g/mol. The zero-order chi connectivity index (χ0) is 14.8. The summed E-state index contributed by atoms with van der Waals surface area (Å²) >= 11 is 1.34. The number of benzene rings is 1. The van der Waals surface area contributed by atoms with E-state index < -0.39 is 0 Å². The van der Waals surface area contributed by atoms with E-state index in [1.165, 1.54) is 15.9 Å². The van der Waals surface area contributed by atoms with Gasteiger partial charge in [-0.1, -0.05) is 18.2 Å². The summed E-state index contributed by atoms with van der Waals surface area (Å²) in [6.07, 6.45) is 1.62. The van der Waals surface area contributed by atoms with Gasteiger partial charge in [0.05, 0.1) is 5.52 Å². The smallest absolute Gasteiger partial charge is 0.251 e. The van der Waals surface area contributed by atoms with E-state index in [0.29, 0.717) is 5.13 Å². The van der Waals surface area contributed by atoms with E-state index in [-0.39, 0.29) is 18.0 Å². The van der Waals surface area contributed by atoms with E-state index in [1.54, 1.807) is 17.6 Å². The lowest BCUT2D eigenvalue weighted by atomic mass is 10.1. The van der Waals surface area contributed by atoms with Crippen LogP contribution in [0, 0.1) is 6.92 Å². The second-order valence-electron chi connectivity index (χ2n) is 4.65. The Morgan fingerprint density at radius 1 is 1.38 bits per heavy atom. The van der Waals surface area contributed by atoms with Crippen LogP contribution >= 0.6 is 11.3 Å². The Labute approximate surface area is 124 Å². The van der Waals surface area contributed by atoms with Crippen LogP contribution in [0.15, 0.2) is 46.7 Å². The van der Waals surface area contributed by atoms with E-state index in [1.807, 2.05) is 31.2 Å². The number of para-hydroxylation sites is 1. The number of thiazole rings is 1. The lowest BCUT2D eigenvalue weighted by molar-refractivity contribution is -0.116. The molecule has 1 amide bonds. The molecule has 3 aromatic rings. The topological polar surface area (TPSA) is 64.0 Å². The van der Waals surface area contributed by atoms with Crippen LogP contribution in [0.4, 0.5) is 5.13 Å². The first-order valence-corrected chi connectivity index (χ1v) is 7.31. The fourth-order valence-electron chi connectivity index (χ4n) is 2.25. The van der Waals surface area contributed by atoms with Crippen molar-refractivity contribution in [2.24, 2.45) is 0 Å². The highest BCUT2D eigenvalue weighted by Gasteiger charge is 2.10. The summed E-state index contributed by atoms with van der Waals surface area (Å²) < 4.78 is 1.48. The van der Waals surface area contributed by atoms with Crippen molar-refractivity contribution < 1.29 is 4.79 Å². The molecule has 0 bridgehead atoms. The molecule has 2 heterocycles. The van der Waals surface area contributed by atoms with Gasteiger partial charge in [-0.3, -0.25) is 14.2 Å². The fraction of sp³-hybridized carbons (Fsp3) is 0.133. The molecule has 5 nitrogen and oxygen atoms in total. The summed E-state index contributed by atoms with van der Waals surface area (Å²) in [7, 11) is 0. The number of hydrogen-bond acceptors (Lipinski definition) is 4. The van der Waals surface area contributed by atoms with Gasteiger partial charge in [-0.15, -0.1) is 11.3 Å². The first-order chi connectivity index (χ1) is 10.1. The first-order valence-electron chi connectivity index (χ1n) is 6.43. The van der Waals surface area contributed by atoms with Gasteiger partial charge in [0.1, 0.15) is 6.54 Å². The number of aromatic nitrogens is 2. The third-order valence-electron chi connectivity index (χ3n) is 3.21. The molecule has 0 saturated carbocycles. The highest BCUT2D eigenvalue weighted by atomic mass is 32.1. The molecule has 1 N–H and O–H groups in total. The van der Waals surface area contributed by atoms with Gasteiger partial charge in [0, 0.05) is 23.0 Å². The summed E-state index contributed by atoms with van der Waals surface area (Å²) in [5.41, 5.74) is 1.49. The number of aryl methyl sites for hydroxylation is 1. The van der Waals surface area contributed by atoms with Gasteiger partial charge in [-0.05, 0) is 18.6 Å². The lowest BCUT2D eigenvalue weighted by Crippen LogP contribution is -2.27. The zero-order valence-electron chi connectivity index (χ0n) is 11.4. The Hall–Kier alpha value is -2.47. The number of anilines is 1. The Kier molecular flexibility index (Phi) is 3.53. The van der Waals surface area contributed by atoms with Gasteiger partial charge in [0.15, 0.2) is 5.13 Å². The molecule has 0 unspecified atom stereocenters. The molecule has 0 aliphatic carbocycles. The summed E-state index contributed by atoms with van der Waals surface area (Å²) in [5.74, 6) is -0.263. The molecular formula is C15H13N3O2S. The van der Waals surface area contributed by atoms with Crippen molar-refractivity contribution in [3.63, 3.8) is 0 Å². The van der Waals surface area contributed by atoms with E-state index in [4.69, 9.17) is 0 Å². The van der Waals surface area contributed by atoms with Crippen LogP contribution in [0.5, 0.6) is 0 Å². The highest BCUT2D eigenvalue weighted by molar-refractivity contribution is 7.13. The molecule has 106 valence electrons. The van der Waals surface area contributed by atoms with Gasteiger partial charge in [-0.2, -0.15) is 0 Å². The Balaban J connectivity index is 1.97. The Morgan fingerprint density at radius 2 is 2.19 bits per heavy atom. The number of pyridine rings is 1. The van der Waals surface area contributed by atoms with Crippen LogP contribution in [-0.4, -0.2) is 15.5 Å². The van der Waals surface area contributed by atoms with Crippen molar-refractivity contribution in [3.05, 3.63) is 57.8 Å². The standard InChI is InChI=1S/C15H13N3O2S/c1-10-8-14(20)18(12-5-3-2-4-11(10)12)9-13(19)17-15-16-6-7-21-15/h2-8H,9H2,1H3,(H,16,17,19). The van der Waals surface area contributed by atoms with Gasteiger partial charge in [-0.25, -0.2) is 4.98 Å². The largest absolute Gasteiger partial charge is 0.300 e. The van der Waals surface area contributed by atoms with E-state index in [9.17, 15) is 9.59 Å². The van der Waals surface area contributed by atoms with E-state index in [2.05, 4.69) is 10.3 Å². The number of nitrogens with zero attached hydrogens (tertiary/aromatic N) is 2. The average Bonchev–Trinajstić information content (AvgIpc) is 2.96. The van der Waals surface area contributed by atoms with E-state index in [0.717, 1.165) is 16.5 Å². The fourth-order valence-corrected chi connectivity index (χ4v) is 2.80. The molecule has 0 aliphatic heterocycles. The number of rotatable bonds is 3. The maximum absolute atomic E-state index is 12.2. The number of nitrogens with one attached hydrogen (secondary N) is 1.